The first kappa shape index (κ1) is 15.7. The van der Waals surface area contributed by atoms with Gasteiger partial charge in [0.2, 0.25) is 0 Å². The van der Waals surface area contributed by atoms with E-state index in [0.717, 1.165) is 44.9 Å². The molecule has 4 aliphatic carbocycles. The van der Waals surface area contributed by atoms with E-state index < -0.39 is 11.4 Å². The van der Waals surface area contributed by atoms with Gasteiger partial charge in [0, 0.05) is 5.41 Å². The molecule has 7 atom stereocenters. The molecule has 3 heteroatoms. The van der Waals surface area contributed by atoms with Gasteiger partial charge in [0.15, 0.2) is 0 Å². The molecule has 2 N–H and O–H groups in total. The third kappa shape index (κ3) is 1.78. The molecule has 0 aromatic carbocycles. The minimum Gasteiger partial charge on any atom is -0.481 e. The van der Waals surface area contributed by atoms with Gasteiger partial charge in [-0.2, -0.15) is 0 Å². The van der Waals surface area contributed by atoms with Crippen molar-refractivity contribution in [2.75, 3.05) is 0 Å². The van der Waals surface area contributed by atoms with Crippen molar-refractivity contribution < 1.29 is 15.0 Å². The van der Waals surface area contributed by atoms with E-state index in [4.69, 9.17) is 0 Å². The Morgan fingerprint density at radius 2 is 1.83 bits per heavy atom. The molecule has 0 heterocycles. The van der Waals surface area contributed by atoms with Crippen LogP contribution in [0.4, 0.5) is 0 Å². The highest BCUT2D eigenvalue weighted by Gasteiger charge is 2.66. The minimum absolute atomic E-state index is 0.0423. The zero-order valence-electron chi connectivity index (χ0n) is 14.6. The highest BCUT2D eigenvalue weighted by Crippen LogP contribution is 2.71. The monoisotopic (exact) mass is 318 g/mol. The van der Waals surface area contributed by atoms with Gasteiger partial charge in [0.05, 0.1) is 11.5 Å². The summed E-state index contributed by atoms with van der Waals surface area (Å²) in [6.07, 6.45) is 11.3. The van der Waals surface area contributed by atoms with Gasteiger partial charge in [-0.3, -0.25) is 4.79 Å². The fourth-order valence-electron chi connectivity index (χ4n) is 7.30. The van der Waals surface area contributed by atoms with Gasteiger partial charge in [-0.1, -0.05) is 32.4 Å². The van der Waals surface area contributed by atoms with Crippen LogP contribution in [-0.4, -0.2) is 22.3 Å². The zero-order valence-corrected chi connectivity index (χ0v) is 14.6. The Morgan fingerprint density at radius 1 is 1.09 bits per heavy atom. The van der Waals surface area contributed by atoms with E-state index in [1.807, 2.05) is 6.92 Å². The van der Waals surface area contributed by atoms with Crippen molar-refractivity contribution in [2.45, 2.75) is 71.8 Å². The molecule has 2 bridgehead atoms. The Kier molecular flexibility index (Phi) is 3.01. The number of carboxylic acid groups (broad SMARTS) is 1. The standard InChI is InChI=1S/C20H30O3/c1-17-9-10-20(12-17)8-5-13-18(2,14(20)11-15(17)21)6-4-7-19(13,3)16(22)23/h9-10,13-15,21H,4-8,11-12H2,1-3H3,(H,22,23)/t13-,14-,15-,17+,18+,19+,20-/m0/s1. The van der Waals surface area contributed by atoms with Crippen LogP contribution in [0.2, 0.25) is 0 Å². The van der Waals surface area contributed by atoms with E-state index in [1.54, 1.807) is 0 Å². The van der Waals surface area contributed by atoms with E-state index in [2.05, 4.69) is 26.0 Å². The maximum Gasteiger partial charge on any atom is 0.309 e. The van der Waals surface area contributed by atoms with E-state index in [1.165, 1.54) is 0 Å². The summed E-state index contributed by atoms with van der Waals surface area (Å²) in [6, 6.07) is 0. The smallest absolute Gasteiger partial charge is 0.309 e. The zero-order chi connectivity index (χ0) is 16.7. The maximum absolute atomic E-state index is 12.0. The highest BCUT2D eigenvalue weighted by atomic mass is 16.4. The Bertz CT molecular complexity index is 583. The molecule has 1 spiro atoms. The van der Waals surface area contributed by atoms with Crippen LogP contribution in [0.25, 0.3) is 0 Å². The number of hydrogen-bond acceptors (Lipinski definition) is 2. The van der Waals surface area contributed by atoms with Crippen LogP contribution in [0, 0.1) is 33.5 Å². The van der Waals surface area contributed by atoms with Crippen molar-refractivity contribution in [1.29, 1.82) is 0 Å². The molecule has 3 saturated carbocycles. The SMILES string of the molecule is C[C@@]12CCC[C@@](C)(C(=O)O)[C@H]1CC[C@]13C=C[C@](C)(C1)[C@@H](O)C[C@H]32. The van der Waals surface area contributed by atoms with Crippen LogP contribution in [0.5, 0.6) is 0 Å². The molecular weight excluding hydrogens is 288 g/mol. The van der Waals surface area contributed by atoms with Crippen LogP contribution in [0.15, 0.2) is 12.2 Å². The Balaban J connectivity index is 1.77. The molecule has 0 amide bonds. The number of aliphatic hydroxyl groups excluding tert-OH is 1. The van der Waals surface area contributed by atoms with Crippen LogP contribution in [-0.2, 0) is 4.79 Å². The van der Waals surface area contributed by atoms with Gasteiger partial charge >= 0.3 is 5.97 Å². The first-order valence-corrected chi connectivity index (χ1v) is 9.28. The molecule has 0 saturated heterocycles. The van der Waals surface area contributed by atoms with Gasteiger partial charge in [-0.25, -0.2) is 0 Å². The van der Waals surface area contributed by atoms with Crippen LogP contribution >= 0.6 is 0 Å². The normalized spacial score (nSPS) is 57.7. The summed E-state index contributed by atoms with van der Waals surface area (Å²) in [5.41, 5.74) is -0.413. The van der Waals surface area contributed by atoms with Crippen LogP contribution < -0.4 is 0 Å². The molecule has 3 nitrogen and oxygen atoms in total. The van der Waals surface area contributed by atoms with Gasteiger partial charge in [-0.15, -0.1) is 0 Å². The second kappa shape index (κ2) is 4.41. The van der Waals surface area contributed by atoms with Gasteiger partial charge in [-0.05, 0) is 68.1 Å². The minimum atomic E-state index is -0.618. The van der Waals surface area contributed by atoms with Crippen molar-refractivity contribution in [2.24, 2.45) is 33.5 Å². The summed E-state index contributed by atoms with van der Waals surface area (Å²) in [4.78, 5) is 12.0. The molecule has 0 aliphatic heterocycles. The molecule has 4 aliphatic rings. The van der Waals surface area contributed by atoms with Crippen molar-refractivity contribution in [3.05, 3.63) is 12.2 Å². The summed E-state index contributed by atoms with van der Waals surface area (Å²) < 4.78 is 0. The van der Waals surface area contributed by atoms with Gasteiger partial charge < -0.3 is 10.2 Å². The van der Waals surface area contributed by atoms with Crippen molar-refractivity contribution >= 4 is 5.97 Å². The lowest BCUT2D eigenvalue weighted by atomic mass is 9.40. The number of rotatable bonds is 1. The third-order valence-electron chi connectivity index (χ3n) is 8.58. The number of carbonyl (C=O) groups is 1. The summed E-state index contributed by atoms with van der Waals surface area (Å²) in [5.74, 6) is 0.0458. The summed E-state index contributed by atoms with van der Waals surface area (Å²) in [5, 5.41) is 20.7. The second-order valence-corrected chi connectivity index (χ2v) is 9.73. The average Bonchev–Trinajstić information content (AvgIpc) is 2.76. The van der Waals surface area contributed by atoms with Crippen molar-refractivity contribution in [1.82, 2.24) is 0 Å². The van der Waals surface area contributed by atoms with Crippen molar-refractivity contribution in [3.8, 4) is 0 Å². The predicted octanol–water partition coefficient (Wildman–Crippen LogP) is 4.01. The van der Waals surface area contributed by atoms with E-state index in [-0.39, 0.29) is 28.3 Å². The topological polar surface area (TPSA) is 57.5 Å². The van der Waals surface area contributed by atoms with E-state index in [9.17, 15) is 15.0 Å². The fraction of sp³-hybridized carbons (Fsp3) is 0.850. The molecular formula is C20H30O3. The quantitative estimate of drug-likeness (QED) is 0.718. The number of hydrogen-bond donors (Lipinski definition) is 2. The van der Waals surface area contributed by atoms with Crippen molar-refractivity contribution in [3.63, 3.8) is 0 Å². The van der Waals surface area contributed by atoms with Crippen LogP contribution in [0.3, 0.4) is 0 Å². The Morgan fingerprint density at radius 3 is 2.52 bits per heavy atom. The summed E-state index contributed by atoms with van der Waals surface area (Å²) in [6.45, 7) is 6.50. The van der Waals surface area contributed by atoms with E-state index >= 15 is 0 Å². The lowest BCUT2D eigenvalue weighted by molar-refractivity contribution is -0.187. The third-order valence-corrected chi connectivity index (χ3v) is 8.58. The number of carboxylic acids is 1. The maximum atomic E-state index is 12.0. The molecule has 3 fully saturated rings. The molecule has 0 unspecified atom stereocenters. The molecule has 23 heavy (non-hydrogen) atoms. The number of aliphatic carboxylic acids is 1. The first-order valence-electron chi connectivity index (χ1n) is 9.28. The Hall–Kier alpha value is -0.830. The molecule has 0 aromatic heterocycles. The lowest BCUT2D eigenvalue weighted by Crippen LogP contribution is -2.60. The molecule has 0 aromatic rings. The van der Waals surface area contributed by atoms with Crippen LogP contribution in [0.1, 0.15) is 65.7 Å². The second-order valence-electron chi connectivity index (χ2n) is 9.73. The largest absolute Gasteiger partial charge is 0.481 e. The lowest BCUT2D eigenvalue weighted by Gasteiger charge is -2.64. The highest BCUT2D eigenvalue weighted by molar-refractivity contribution is 5.75. The molecule has 4 rings (SSSR count). The molecule has 128 valence electrons. The fourth-order valence-corrected chi connectivity index (χ4v) is 7.30. The Labute approximate surface area is 139 Å². The average molecular weight is 318 g/mol. The number of fused-ring (bicyclic) bond motifs is 3. The predicted molar refractivity (Wildman–Crippen MR) is 88.8 cm³/mol. The van der Waals surface area contributed by atoms with Gasteiger partial charge in [0.25, 0.3) is 0 Å². The van der Waals surface area contributed by atoms with E-state index in [0.29, 0.717) is 5.92 Å². The van der Waals surface area contributed by atoms with Gasteiger partial charge in [0.1, 0.15) is 0 Å². The number of aliphatic hydroxyl groups is 1. The first-order chi connectivity index (χ1) is 10.7. The summed E-state index contributed by atoms with van der Waals surface area (Å²) in [7, 11) is 0. The molecule has 0 radical (unpaired) electrons. The number of allylic oxidation sites excluding steroid dienone is 1. The summed E-state index contributed by atoms with van der Waals surface area (Å²) >= 11 is 0.